The third-order valence-electron chi connectivity index (χ3n) is 5.41. The Morgan fingerprint density at radius 2 is 1.85 bits per heavy atom. The van der Waals surface area contributed by atoms with Crippen LogP contribution in [-0.2, 0) is 15.8 Å². The Morgan fingerprint density at radius 3 is 2.35 bits per heavy atom. The standard InChI is InChI=1S/C21H31BrO3Si/c1-8-17-18(24-14-15-9-11-16(23-5)12-10-15)13-19(20(17)22)25-26(6,7)21(2,3)4/h8-12,17-18H,1,13-14H2,2-7H3/t17-,18+/m0/s1. The summed E-state index contributed by atoms with van der Waals surface area (Å²) in [5, 5.41) is 0.166. The predicted molar refractivity (Wildman–Crippen MR) is 114 cm³/mol. The summed E-state index contributed by atoms with van der Waals surface area (Å²) in [5.74, 6) is 2.02. The minimum atomic E-state index is -1.87. The molecule has 2 atom stereocenters. The monoisotopic (exact) mass is 438 g/mol. The van der Waals surface area contributed by atoms with Crippen LogP contribution in [0.3, 0.4) is 0 Å². The summed E-state index contributed by atoms with van der Waals surface area (Å²) in [6.07, 6.45) is 2.77. The van der Waals surface area contributed by atoms with E-state index in [4.69, 9.17) is 13.9 Å². The molecule has 1 aromatic rings. The van der Waals surface area contributed by atoms with E-state index in [-0.39, 0.29) is 17.1 Å². The first kappa shape index (κ1) is 21.3. The highest BCUT2D eigenvalue weighted by Crippen LogP contribution is 2.45. The Labute approximate surface area is 167 Å². The first-order valence-corrected chi connectivity index (χ1v) is 12.7. The zero-order valence-electron chi connectivity index (χ0n) is 16.8. The zero-order chi connectivity index (χ0) is 19.5. The average Bonchev–Trinajstić information content (AvgIpc) is 2.87. The SMILES string of the molecule is C=C[C@@H]1C(Br)=C(O[Si](C)(C)C(C)(C)C)C[C@H]1OCc1ccc(OC)cc1. The van der Waals surface area contributed by atoms with Crippen LogP contribution in [0.5, 0.6) is 5.75 Å². The van der Waals surface area contributed by atoms with Gasteiger partial charge in [0.05, 0.1) is 25.6 Å². The first-order chi connectivity index (χ1) is 12.1. The van der Waals surface area contributed by atoms with Gasteiger partial charge in [0.15, 0.2) is 0 Å². The Hall–Kier alpha value is -1.04. The van der Waals surface area contributed by atoms with E-state index in [1.54, 1.807) is 7.11 Å². The molecule has 0 spiro atoms. The molecule has 0 heterocycles. The lowest BCUT2D eigenvalue weighted by molar-refractivity contribution is 0.0282. The predicted octanol–water partition coefficient (Wildman–Crippen LogP) is 6.41. The molecule has 26 heavy (non-hydrogen) atoms. The molecular weight excluding hydrogens is 408 g/mol. The molecule has 0 amide bonds. The fraction of sp³-hybridized carbons (Fsp3) is 0.524. The molecule has 0 saturated heterocycles. The maximum atomic E-state index is 6.55. The van der Waals surface area contributed by atoms with Crippen molar-refractivity contribution in [2.75, 3.05) is 7.11 Å². The molecule has 0 aromatic heterocycles. The molecule has 0 fully saturated rings. The maximum Gasteiger partial charge on any atom is 0.250 e. The summed E-state index contributed by atoms with van der Waals surface area (Å²) in [5.41, 5.74) is 1.13. The Kier molecular flexibility index (Phi) is 6.80. The molecule has 0 aliphatic heterocycles. The van der Waals surface area contributed by atoms with E-state index in [1.807, 2.05) is 30.3 Å². The van der Waals surface area contributed by atoms with Crippen LogP contribution < -0.4 is 4.74 Å². The Bertz CT molecular complexity index is 659. The molecule has 0 saturated carbocycles. The van der Waals surface area contributed by atoms with Gasteiger partial charge in [-0.15, -0.1) is 6.58 Å². The van der Waals surface area contributed by atoms with E-state index < -0.39 is 8.32 Å². The largest absolute Gasteiger partial charge is 0.546 e. The molecule has 0 bridgehead atoms. The maximum absolute atomic E-state index is 6.55. The number of methoxy groups -OCH3 is 1. The van der Waals surface area contributed by atoms with E-state index in [0.717, 1.165) is 28.0 Å². The number of ether oxygens (including phenoxy) is 2. The van der Waals surface area contributed by atoms with Gasteiger partial charge in [-0.2, -0.15) is 0 Å². The zero-order valence-corrected chi connectivity index (χ0v) is 19.4. The first-order valence-electron chi connectivity index (χ1n) is 9.03. The highest BCUT2D eigenvalue weighted by Gasteiger charge is 2.42. The van der Waals surface area contributed by atoms with Gasteiger partial charge in [-0.05, 0) is 35.8 Å². The third-order valence-corrected chi connectivity index (χ3v) is 10.7. The summed E-state index contributed by atoms with van der Waals surface area (Å²) < 4.78 is 19.1. The molecule has 3 nitrogen and oxygen atoms in total. The summed E-state index contributed by atoms with van der Waals surface area (Å²) in [7, 11) is -0.200. The molecule has 2 rings (SSSR count). The fourth-order valence-corrected chi connectivity index (χ4v) is 4.64. The number of benzene rings is 1. The molecule has 0 unspecified atom stereocenters. The van der Waals surface area contributed by atoms with Crippen LogP contribution in [0.15, 0.2) is 47.2 Å². The fourth-order valence-electron chi connectivity index (χ4n) is 2.65. The van der Waals surface area contributed by atoms with Gasteiger partial charge in [-0.3, -0.25) is 0 Å². The lowest BCUT2D eigenvalue weighted by atomic mass is 10.1. The lowest BCUT2D eigenvalue weighted by Crippen LogP contribution is -2.40. The molecule has 5 heteroatoms. The van der Waals surface area contributed by atoms with Crippen molar-refractivity contribution in [2.24, 2.45) is 5.92 Å². The quantitative estimate of drug-likeness (QED) is 0.363. The molecule has 0 N–H and O–H groups in total. The molecule has 1 aliphatic rings. The van der Waals surface area contributed by atoms with Crippen LogP contribution >= 0.6 is 15.9 Å². The second-order valence-electron chi connectivity index (χ2n) is 8.30. The second-order valence-corrected chi connectivity index (χ2v) is 13.9. The lowest BCUT2D eigenvalue weighted by Gasteiger charge is -2.37. The van der Waals surface area contributed by atoms with Crippen molar-refractivity contribution in [2.45, 2.75) is 58.0 Å². The molecule has 0 radical (unpaired) electrons. The molecule has 144 valence electrons. The highest BCUT2D eigenvalue weighted by atomic mass is 79.9. The molecule has 1 aliphatic carbocycles. The Morgan fingerprint density at radius 1 is 1.23 bits per heavy atom. The van der Waals surface area contributed by atoms with Crippen molar-refractivity contribution in [1.82, 2.24) is 0 Å². The van der Waals surface area contributed by atoms with Gasteiger partial charge in [0.25, 0.3) is 0 Å². The van der Waals surface area contributed by atoms with Crippen molar-refractivity contribution in [3.05, 3.63) is 52.7 Å². The van der Waals surface area contributed by atoms with Crippen molar-refractivity contribution >= 4 is 24.2 Å². The van der Waals surface area contributed by atoms with Crippen LogP contribution in [0.1, 0.15) is 32.8 Å². The summed E-state index contributed by atoms with van der Waals surface area (Å²) in [6, 6.07) is 7.98. The van der Waals surface area contributed by atoms with Gasteiger partial charge in [-0.1, -0.05) is 54.9 Å². The summed E-state index contributed by atoms with van der Waals surface area (Å²) in [4.78, 5) is 0. The van der Waals surface area contributed by atoms with Gasteiger partial charge in [0.2, 0.25) is 8.32 Å². The van der Waals surface area contributed by atoms with Crippen LogP contribution in [0.2, 0.25) is 18.1 Å². The van der Waals surface area contributed by atoms with Crippen molar-refractivity contribution in [3.63, 3.8) is 0 Å². The smallest absolute Gasteiger partial charge is 0.250 e. The van der Waals surface area contributed by atoms with Crippen LogP contribution in [0, 0.1) is 5.92 Å². The average molecular weight is 439 g/mol. The van der Waals surface area contributed by atoms with Gasteiger partial charge in [0.1, 0.15) is 5.75 Å². The van der Waals surface area contributed by atoms with E-state index in [2.05, 4.69) is 56.4 Å². The summed E-state index contributed by atoms with van der Waals surface area (Å²) >= 11 is 3.75. The topological polar surface area (TPSA) is 27.7 Å². The van der Waals surface area contributed by atoms with E-state index in [0.29, 0.717) is 6.61 Å². The van der Waals surface area contributed by atoms with Crippen LogP contribution in [0.4, 0.5) is 0 Å². The van der Waals surface area contributed by atoms with E-state index >= 15 is 0 Å². The molecule has 1 aromatic carbocycles. The third kappa shape index (κ3) is 4.81. The van der Waals surface area contributed by atoms with Crippen molar-refractivity contribution < 1.29 is 13.9 Å². The Balaban J connectivity index is 2.04. The van der Waals surface area contributed by atoms with Gasteiger partial charge >= 0.3 is 0 Å². The van der Waals surface area contributed by atoms with Gasteiger partial charge in [-0.25, -0.2) is 0 Å². The highest BCUT2D eigenvalue weighted by molar-refractivity contribution is 9.11. The number of hydrogen-bond acceptors (Lipinski definition) is 3. The number of hydrogen-bond donors (Lipinski definition) is 0. The van der Waals surface area contributed by atoms with Crippen molar-refractivity contribution in [1.29, 1.82) is 0 Å². The van der Waals surface area contributed by atoms with Crippen LogP contribution in [0.25, 0.3) is 0 Å². The van der Waals surface area contributed by atoms with E-state index in [1.165, 1.54) is 0 Å². The minimum Gasteiger partial charge on any atom is -0.546 e. The second kappa shape index (κ2) is 8.32. The number of halogens is 1. The van der Waals surface area contributed by atoms with Gasteiger partial charge in [0, 0.05) is 16.8 Å². The van der Waals surface area contributed by atoms with Gasteiger partial charge < -0.3 is 13.9 Å². The summed E-state index contributed by atoms with van der Waals surface area (Å²) in [6.45, 7) is 15.9. The van der Waals surface area contributed by atoms with Crippen LogP contribution in [-0.4, -0.2) is 21.5 Å². The van der Waals surface area contributed by atoms with E-state index in [9.17, 15) is 0 Å². The van der Waals surface area contributed by atoms with Crippen molar-refractivity contribution in [3.8, 4) is 5.75 Å². The minimum absolute atomic E-state index is 0.0451. The normalized spacial score (nSPS) is 21.0. The molecular formula is C21H31BrO3Si. The number of rotatable bonds is 7.